The standard InChI is InChI=1S/C12H18N2O4/c1-8(2)13-5-9(15)7-18-10-3-4-11(12(16)17)14-6-10/h3-4,6,8-9,13,15H,5,7H2,1-2H3,(H,16,17). The normalized spacial score (nSPS) is 12.4. The first-order chi connectivity index (χ1) is 8.49. The van der Waals surface area contributed by atoms with Gasteiger partial charge in [0.25, 0.3) is 0 Å². The Hall–Kier alpha value is -1.66. The molecule has 1 rings (SSSR count). The van der Waals surface area contributed by atoms with Crippen molar-refractivity contribution in [3.8, 4) is 5.75 Å². The fourth-order valence-electron chi connectivity index (χ4n) is 1.22. The topological polar surface area (TPSA) is 91.7 Å². The molecule has 0 aliphatic carbocycles. The number of hydrogen-bond acceptors (Lipinski definition) is 5. The van der Waals surface area contributed by atoms with Gasteiger partial charge in [-0.25, -0.2) is 9.78 Å². The van der Waals surface area contributed by atoms with E-state index in [2.05, 4.69) is 10.3 Å². The van der Waals surface area contributed by atoms with Crippen LogP contribution in [0.2, 0.25) is 0 Å². The number of nitrogens with one attached hydrogen (secondary N) is 1. The predicted molar refractivity (Wildman–Crippen MR) is 65.8 cm³/mol. The Balaban J connectivity index is 2.36. The third-order valence-corrected chi connectivity index (χ3v) is 2.16. The molecule has 0 amide bonds. The zero-order chi connectivity index (χ0) is 13.5. The predicted octanol–water partition coefficient (Wildman–Crippen LogP) is 0.517. The van der Waals surface area contributed by atoms with E-state index in [4.69, 9.17) is 9.84 Å². The molecule has 0 spiro atoms. The quantitative estimate of drug-likeness (QED) is 0.657. The number of aliphatic hydroxyl groups is 1. The van der Waals surface area contributed by atoms with Crippen molar-refractivity contribution in [2.45, 2.75) is 26.0 Å². The van der Waals surface area contributed by atoms with Crippen LogP contribution >= 0.6 is 0 Å². The van der Waals surface area contributed by atoms with Gasteiger partial charge in [-0.05, 0) is 12.1 Å². The van der Waals surface area contributed by atoms with E-state index in [0.717, 1.165) is 0 Å². The highest BCUT2D eigenvalue weighted by Crippen LogP contribution is 2.09. The van der Waals surface area contributed by atoms with Gasteiger partial charge in [0.15, 0.2) is 0 Å². The molecule has 3 N–H and O–H groups in total. The molecular formula is C12H18N2O4. The van der Waals surface area contributed by atoms with Crippen LogP contribution in [-0.4, -0.2) is 46.5 Å². The van der Waals surface area contributed by atoms with Crippen molar-refractivity contribution in [1.82, 2.24) is 10.3 Å². The molecule has 1 atom stereocenters. The van der Waals surface area contributed by atoms with Gasteiger partial charge < -0.3 is 20.3 Å². The second kappa shape index (κ2) is 6.93. The lowest BCUT2D eigenvalue weighted by atomic mass is 10.3. The summed E-state index contributed by atoms with van der Waals surface area (Å²) in [4.78, 5) is 14.3. The highest BCUT2D eigenvalue weighted by Gasteiger charge is 2.07. The molecule has 1 unspecified atom stereocenters. The summed E-state index contributed by atoms with van der Waals surface area (Å²) in [6.45, 7) is 4.55. The molecule has 100 valence electrons. The third kappa shape index (κ3) is 5.11. The monoisotopic (exact) mass is 254 g/mol. The molecular weight excluding hydrogens is 236 g/mol. The lowest BCUT2D eigenvalue weighted by Gasteiger charge is -2.14. The molecule has 18 heavy (non-hydrogen) atoms. The molecule has 0 aromatic carbocycles. The summed E-state index contributed by atoms with van der Waals surface area (Å²) in [5.41, 5.74) is -0.0376. The number of nitrogens with zero attached hydrogens (tertiary/aromatic N) is 1. The Kier molecular flexibility index (Phi) is 5.54. The van der Waals surface area contributed by atoms with E-state index in [-0.39, 0.29) is 12.3 Å². The largest absolute Gasteiger partial charge is 0.489 e. The van der Waals surface area contributed by atoms with Gasteiger partial charge in [-0.2, -0.15) is 0 Å². The number of carboxylic acid groups (broad SMARTS) is 1. The number of aromatic carboxylic acids is 1. The van der Waals surface area contributed by atoms with E-state index in [1.165, 1.54) is 18.3 Å². The van der Waals surface area contributed by atoms with Gasteiger partial charge in [-0.15, -0.1) is 0 Å². The zero-order valence-corrected chi connectivity index (χ0v) is 10.5. The van der Waals surface area contributed by atoms with E-state index in [1.54, 1.807) is 0 Å². The van der Waals surface area contributed by atoms with E-state index >= 15 is 0 Å². The van der Waals surface area contributed by atoms with Crippen molar-refractivity contribution in [2.24, 2.45) is 0 Å². The number of carboxylic acids is 1. The van der Waals surface area contributed by atoms with Crippen molar-refractivity contribution < 1.29 is 19.7 Å². The number of aromatic nitrogens is 1. The van der Waals surface area contributed by atoms with Crippen molar-refractivity contribution in [2.75, 3.05) is 13.2 Å². The Morgan fingerprint density at radius 1 is 1.50 bits per heavy atom. The van der Waals surface area contributed by atoms with Gasteiger partial charge in [-0.1, -0.05) is 13.8 Å². The maximum atomic E-state index is 10.6. The van der Waals surface area contributed by atoms with Crippen LogP contribution in [0, 0.1) is 0 Å². The molecule has 0 saturated heterocycles. The summed E-state index contributed by atoms with van der Waals surface area (Å²) in [7, 11) is 0. The maximum Gasteiger partial charge on any atom is 0.354 e. The van der Waals surface area contributed by atoms with Crippen LogP contribution in [-0.2, 0) is 0 Å². The van der Waals surface area contributed by atoms with E-state index in [1.807, 2.05) is 13.8 Å². The number of carbonyl (C=O) groups is 1. The third-order valence-electron chi connectivity index (χ3n) is 2.16. The van der Waals surface area contributed by atoms with Crippen molar-refractivity contribution in [1.29, 1.82) is 0 Å². The van der Waals surface area contributed by atoms with Crippen LogP contribution < -0.4 is 10.1 Å². The highest BCUT2D eigenvalue weighted by atomic mass is 16.5. The number of hydrogen-bond donors (Lipinski definition) is 3. The smallest absolute Gasteiger partial charge is 0.354 e. The average molecular weight is 254 g/mol. The molecule has 0 bridgehead atoms. The summed E-state index contributed by atoms with van der Waals surface area (Å²) >= 11 is 0. The summed E-state index contributed by atoms with van der Waals surface area (Å²) in [6, 6.07) is 3.17. The van der Waals surface area contributed by atoms with Gasteiger partial charge in [0.1, 0.15) is 24.2 Å². The average Bonchev–Trinajstić information content (AvgIpc) is 2.34. The van der Waals surface area contributed by atoms with Crippen molar-refractivity contribution in [3.05, 3.63) is 24.0 Å². The second-order valence-electron chi connectivity index (χ2n) is 4.21. The molecule has 1 aromatic rings. The number of aliphatic hydroxyl groups excluding tert-OH is 1. The summed E-state index contributed by atoms with van der Waals surface area (Å²) in [5.74, 6) is -0.647. The zero-order valence-electron chi connectivity index (χ0n) is 10.5. The van der Waals surface area contributed by atoms with Crippen LogP contribution in [0.1, 0.15) is 24.3 Å². The Labute approximate surface area is 106 Å². The molecule has 0 aliphatic rings. The van der Waals surface area contributed by atoms with Crippen LogP contribution in [0.15, 0.2) is 18.3 Å². The number of pyridine rings is 1. The minimum absolute atomic E-state index is 0.0376. The molecule has 0 saturated carbocycles. The minimum Gasteiger partial charge on any atom is -0.489 e. The maximum absolute atomic E-state index is 10.6. The minimum atomic E-state index is -1.08. The van der Waals surface area contributed by atoms with E-state index < -0.39 is 12.1 Å². The van der Waals surface area contributed by atoms with Gasteiger partial charge in [0.05, 0.1) is 6.20 Å². The molecule has 1 heterocycles. The van der Waals surface area contributed by atoms with E-state index in [0.29, 0.717) is 18.3 Å². The van der Waals surface area contributed by atoms with Gasteiger partial charge in [0, 0.05) is 12.6 Å². The van der Waals surface area contributed by atoms with Crippen molar-refractivity contribution >= 4 is 5.97 Å². The van der Waals surface area contributed by atoms with Gasteiger partial charge in [-0.3, -0.25) is 0 Å². The molecule has 1 aromatic heterocycles. The van der Waals surface area contributed by atoms with Crippen LogP contribution in [0.5, 0.6) is 5.75 Å². The fourth-order valence-corrected chi connectivity index (χ4v) is 1.22. The second-order valence-corrected chi connectivity index (χ2v) is 4.21. The summed E-state index contributed by atoms with van der Waals surface area (Å²) < 4.78 is 5.29. The lowest BCUT2D eigenvalue weighted by Crippen LogP contribution is -2.35. The highest BCUT2D eigenvalue weighted by molar-refractivity contribution is 5.85. The van der Waals surface area contributed by atoms with Gasteiger partial charge >= 0.3 is 5.97 Å². The summed E-state index contributed by atoms with van der Waals surface area (Å²) in [6.07, 6.45) is 0.707. The van der Waals surface area contributed by atoms with Crippen LogP contribution in [0.25, 0.3) is 0 Å². The van der Waals surface area contributed by atoms with Crippen molar-refractivity contribution in [3.63, 3.8) is 0 Å². The Morgan fingerprint density at radius 3 is 2.72 bits per heavy atom. The SMILES string of the molecule is CC(C)NCC(O)COc1ccc(C(=O)O)nc1. The first-order valence-corrected chi connectivity index (χ1v) is 5.72. The molecule has 0 radical (unpaired) electrons. The first-order valence-electron chi connectivity index (χ1n) is 5.72. The lowest BCUT2D eigenvalue weighted by molar-refractivity contribution is 0.0690. The fraction of sp³-hybridized carbons (Fsp3) is 0.500. The molecule has 0 fully saturated rings. The molecule has 0 aliphatic heterocycles. The van der Waals surface area contributed by atoms with Crippen LogP contribution in [0.3, 0.4) is 0 Å². The van der Waals surface area contributed by atoms with Gasteiger partial charge in [0.2, 0.25) is 0 Å². The Morgan fingerprint density at radius 2 is 2.22 bits per heavy atom. The molecule has 6 heteroatoms. The first kappa shape index (κ1) is 14.4. The van der Waals surface area contributed by atoms with E-state index in [9.17, 15) is 9.90 Å². The molecule has 6 nitrogen and oxygen atoms in total. The number of rotatable bonds is 7. The summed E-state index contributed by atoms with van der Waals surface area (Å²) in [5, 5.41) is 21.3. The Bertz CT molecular complexity index is 378. The van der Waals surface area contributed by atoms with Crippen LogP contribution in [0.4, 0.5) is 0 Å². The number of ether oxygens (including phenoxy) is 1.